The lowest BCUT2D eigenvalue weighted by Gasteiger charge is -2.18. The molecule has 1 heterocycles. The number of benzene rings is 2. The highest BCUT2D eigenvalue weighted by Gasteiger charge is 2.14. The molecule has 0 aromatic heterocycles. The highest BCUT2D eigenvalue weighted by atomic mass is 32.2. The van der Waals surface area contributed by atoms with Crippen LogP contribution in [0.3, 0.4) is 0 Å². The number of hydrogen-bond donors (Lipinski definition) is 2. The Labute approximate surface area is 171 Å². The van der Waals surface area contributed by atoms with E-state index in [0.717, 1.165) is 4.90 Å². The molecule has 152 valence electrons. The van der Waals surface area contributed by atoms with Crippen LogP contribution in [0.1, 0.15) is 10.4 Å². The molecule has 0 fully saturated rings. The fourth-order valence-corrected chi connectivity index (χ4v) is 3.21. The van der Waals surface area contributed by atoms with Crippen LogP contribution in [0, 0.1) is 0 Å². The SMILES string of the molecule is CNC(=O)c1ccc(NC(=O)COC(=O)CSc2ccc3c(c2)OCCO3)cc1. The first-order valence-electron chi connectivity index (χ1n) is 8.85. The predicted molar refractivity (Wildman–Crippen MR) is 108 cm³/mol. The van der Waals surface area contributed by atoms with E-state index in [1.807, 2.05) is 12.1 Å². The number of fused-ring (bicyclic) bond motifs is 1. The lowest BCUT2D eigenvalue weighted by molar-refractivity contribution is -0.144. The summed E-state index contributed by atoms with van der Waals surface area (Å²) >= 11 is 1.28. The quantitative estimate of drug-likeness (QED) is 0.526. The Bertz CT molecular complexity index is 900. The molecule has 2 amide bonds. The summed E-state index contributed by atoms with van der Waals surface area (Å²) in [6.07, 6.45) is 0. The zero-order chi connectivity index (χ0) is 20.6. The van der Waals surface area contributed by atoms with Crippen LogP contribution in [0.2, 0.25) is 0 Å². The van der Waals surface area contributed by atoms with Gasteiger partial charge in [0.15, 0.2) is 18.1 Å². The van der Waals surface area contributed by atoms with Gasteiger partial charge in [0, 0.05) is 23.2 Å². The molecule has 0 spiro atoms. The number of hydrogen-bond acceptors (Lipinski definition) is 7. The van der Waals surface area contributed by atoms with Gasteiger partial charge in [-0.25, -0.2) is 0 Å². The molecule has 0 atom stereocenters. The normalized spacial score (nSPS) is 12.0. The van der Waals surface area contributed by atoms with Gasteiger partial charge in [-0.3, -0.25) is 14.4 Å². The molecule has 3 rings (SSSR count). The molecular formula is C20H20N2O6S. The number of carbonyl (C=O) groups is 3. The molecule has 0 aliphatic carbocycles. The zero-order valence-corrected chi connectivity index (χ0v) is 16.5. The van der Waals surface area contributed by atoms with Crippen molar-refractivity contribution in [3.63, 3.8) is 0 Å². The van der Waals surface area contributed by atoms with Gasteiger partial charge >= 0.3 is 5.97 Å². The van der Waals surface area contributed by atoms with E-state index in [9.17, 15) is 14.4 Å². The maximum atomic E-state index is 11.9. The summed E-state index contributed by atoms with van der Waals surface area (Å²) in [5, 5.41) is 5.12. The molecule has 9 heteroatoms. The fourth-order valence-electron chi connectivity index (χ4n) is 2.49. The molecule has 0 radical (unpaired) electrons. The van der Waals surface area contributed by atoms with Gasteiger partial charge < -0.3 is 24.8 Å². The van der Waals surface area contributed by atoms with E-state index in [-0.39, 0.29) is 11.7 Å². The molecule has 8 nitrogen and oxygen atoms in total. The number of anilines is 1. The summed E-state index contributed by atoms with van der Waals surface area (Å²) in [6, 6.07) is 11.8. The second-order valence-electron chi connectivity index (χ2n) is 5.96. The van der Waals surface area contributed by atoms with Gasteiger partial charge in [-0.2, -0.15) is 0 Å². The van der Waals surface area contributed by atoms with Crippen LogP contribution in [0.4, 0.5) is 5.69 Å². The summed E-state index contributed by atoms with van der Waals surface area (Å²) in [5.74, 6) is 0.214. The molecule has 2 aromatic carbocycles. The predicted octanol–water partition coefficient (Wildman–Crippen LogP) is 2.09. The van der Waals surface area contributed by atoms with E-state index in [0.29, 0.717) is 36.0 Å². The summed E-state index contributed by atoms with van der Waals surface area (Å²) in [4.78, 5) is 36.1. The summed E-state index contributed by atoms with van der Waals surface area (Å²) in [5.41, 5.74) is 0.984. The number of rotatable bonds is 7. The van der Waals surface area contributed by atoms with Crippen LogP contribution < -0.4 is 20.1 Å². The molecule has 2 aromatic rings. The minimum Gasteiger partial charge on any atom is -0.486 e. The van der Waals surface area contributed by atoms with E-state index in [2.05, 4.69) is 10.6 Å². The number of nitrogens with one attached hydrogen (secondary N) is 2. The van der Waals surface area contributed by atoms with E-state index in [4.69, 9.17) is 14.2 Å². The number of amides is 2. The van der Waals surface area contributed by atoms with Gasteiger partial charge in [-0.15, -0.1) is 11.8 Å². The van der Waals surface area contributed by atoms with Gasteiger partial charge in [-0.1, -0.05) is 0 Å². The second kappa shape index (κ2) is 9.83. The van der Waals surface area contributed by atoms with Crippen molar-refractivity contribution in [2.24, 2.45) is 0 Å². The van der Waals surface area contributed by atoms with Crippen molar-refractivity contribution >= 4 is 35.2 Å². The molecule has 0 bridgehead atoms. The topological polar surface area (TPSA) is 103 Å². The van der Waals surface area contributed by atoms with Crippen molar-refractivity contribution in [3.05, 3.63) is 48.0 Å². The van der Waals surface area contributed by atoms with Crippen LogP contribution in [0.25, 0.3) is 0 Å². The zero-order valence-electron chi connectivity index (χ0n) is 15.7. The van der Waals surface area contributed by atoms with E-state index in [1.165, 1.54) is 11.8 Å². The first-order valence-corrected chi connectivity index (χ1v) is 9.84. The molecule has 29 heavy (non-hydrogen) atoms. The first kappa shape index (κ1) is 20.5. The van der Waals surface area contributed by atoms with Crippen molar-refractivity contribution in [2.45, 2.75) is 4.90 Å². The van der Waals surface area contributed by atoms with Gasteiger partial charge in [0.25, 0.3) is 11.8 Å². The van der Waals surface area contributed by atoms with Crippen LogP contribution in [-0.2, 0) is 14.3 Å². The molecule has 0 unspecified atom stereocenters. The minimum atomic E-state index is -0.505. The van der Waals surface area contributed by atoms with Crippen molar-refractivity contribution in [3.8, 4) is 11.5 Å². The standard InChI is InChI=1S/C20H20N2O6S/c1-21-20(25)13-2-4-14(5-3-13)22-18(23)11-28-19(24)12-29-15-6-7-16-17(10-15)27-9-8-26-16/h2-7,10H,8-9,11-12H2,1H3,(H,21,25)(H,22,23). The third-order valence-corrected chi connectivity index (χ3v) is 4.86. The Balaban J connectivity index is 1.41. The monoisotopic (exact) mass is 416 g/mol. The molecule has 1 aliphatic heterocycles. The fraction of sp³-hybridized carbons (Fsp3) is 0.250. The third kappa shape index (κ3) is 5.89. The Morgan fingerprint density at radius 3 is 2.48 bits per heavy atom. The second-order valence-corrected chi connectivity index (χ2v) is 7.01. The molecular weight excluding hydrogens is 396 g/mol. The van der Waals surface area contributed by atoms with Crippen LogP contribution in [-0.4, -0.2) is 50.4 Å². The molecule has 1 aliphatic rings. The van der Waals surface area contributed by atoms with Gasteiger partial charge in [0.1, 0.15) is 13.2 Å². The van der Waals surface area contributed by atoms with E-state index < -0.39 is 18.5 Å². The Morgan fingerprint density at radius 1 is 1.03 bits per heavy atom. The maximum Gasteiger partial charge on any atom is 0.316 e. The lowest BCUT2D eigenvalue weighted by atomic mass is 10.2. The lowest BCUT2D eigenvalue weighted by Crippen LogP contribution is -2.22. The third-order valence-electron chi connectivity index (χ3n) is 3.89. The molecule has 0 saturated carbocycles. The number of esters is 1. The highest BCUT2D eigenvalue weighted by Crippen LogP contribution is 2.34. The van der Waals surface area contributed by atoms with Crippen molar-refractivity contribution in [2.75, 3.05) is 37.9 Å². The Morgan fingerprint density at radius 2 is 1.76 bits per heavy atom. The largest absolute Gasteiger partial charge is 0.486 e. The van der Waals surface area contributed by atoms with Crippen molar-refractivity contribution < 1.29 is 28.6 Å². The number of carbonyl (C=O) groups excluding carboxylic acids is 3. The first-order chi connectivity index (χ1) is 14.0. The van der Waals surface area contributed by atoms with Gasteiger partial charge in [0.2, 0.25) is 0 Å². The summed E-state index contributed by atoms with van der Waals surface area (Å²) in [7, 11) is 1.54. The van der Waals surface area contributed by atoms with Crippen LogP contribution in [0.5, 0.6) is 11.5 Å². The van der Waals surface area contributed by atoms with Crippen LogP contribution >= 0.6 is 11.8 Å². The average Bonchev–Trinajstić information content (AvgIpc) is 2.76. The van der Waals surface area contributed by atoms with E-state index in [1.54, 1.807) is 37.4 Å². The van der Waals surface area contributed by atoms with Gasteiger partial charge in [-0.05, 0) is 42.5 Å². The van der Waals surface area contributed by atoms with Crippen LogP contribution in [0.15, 0.2) is 47.4 Å². The van der Waals surface area contributed by atoms with E-state index >= 15 is 0 Å². The Hall–Kier alpha value is -3.20. The minimum absolute atomic E-state index is 0.0632. The molecule has 0 saturated heterocycles. The summed E-state index contributed by atoms with van der Waals surface area (Å²) < 4.78 is 16.0. The average molecular weight is 416 g/mol. The smallest absolute Gasteiger partial charge is 0.316 e. The highest BCUT2D eigenvalue weighted by molar-refractivity contribution is 8.00. The van der Waals surface area contributed by atoms with Crippen molar-refractivity contribution in [1.82, 2.24) is 5.32 Å². The van der Waals surface area contributed by atoms with Crippen molar-refractivity contribution in [1.29, 1.82) is 0 Å². The maximum absolute atomic E-state index is 11.9. The molecule has 2 N–H and O–H groups in total. The summed E-state index contributed by atoms with van der Waals surface area (Å²) in [6.45, 7) is 0.622. The number of ether oxygens (including phenoxy) is 3. The Kier molecular flexibility index (Phi) is 6.96. The van der Waals surface area contributed by atoms with Gasteiger partial charge in [0.05, 0.1) is 5.75 Å². The number of thioether (sulfide) groups is 1.